The lowest BCUT2D eigenvalue weighted by atomic mass is 10.4. The Morgan fingerprint density at radius 3 is 2.57 bits per heavy atom. The van der Waals surface area contributed by atoms with Crippen molar-refractivity contribution in [3.63, 3.8) is 0 Å². The van der Waals surface area contributed by atoms with Gasteiger partial charge >= 0.3 is 0 Å². The van der Waals surface area contributed by atoms with Crippen LogP contribution in [0, 0.1) is 11.3 Å². The van der Waals surface area contributed by atoms with Crippen LogP contribution < -0.4 is 0 Å². The standard InChI is InChI=1S/C5H7NO/c1-5(3-6)4-7-2/h4H,1-2H3/b5-4-. The highest BCUT2D eigenvalue weighted by Crippen LogP contribution is 1.85. The summed E-state index contributed by atoms with van der Waals surface area (Å²) in [5, 5.41) is 8.07. The summed E-state index contributed by atoms with van der Waals surface area (Å²) in [5.74, 6) is 0. The molecule has 0 unspecified atom stereocenters. The molecule has 0 aliphatic carbocycles. The first-order valence-electron chi connectivity index (χ1n) is 1.91. The second-order valence-electron chi connectivity index (χ2n) is 1.15. The van der Waals surface area contributed by atoms with E-state index in [1.165, 1.54) is 13.4 Å². The van der Waals surface area contributed by atoms with Crippen molar-refractivity contribution in [2.24, 2.45) is 0 Å². The third kappa shape index (κ3) is 2.84. The molecular weight excluding hydrogens is 90.1 g/mol. The second-order valence-corrected chi connectivity index (χ2v) is 1.15. The molecule has 0 bridgehead atoms. The summed E-state index contributed by atoms with van der Waals surface area (Å²) >= 11 is 0. The molecule has 0 rings (SSSR count). The third-order valence-corrected chi connectivity index (χ3v) is 0.471. The zero-order chi connectivity index (χ0) is 5.70. The van der Waals surface area contributed by atoms with Gasteiger partial charge in [-0.1, -0.05) is 0 Å². The summed E-state index contributed by atoms with van der Waals surface area (Å²) in [6.07, 6.45) is 1.40. The van der Waals surface area contributed by atoms with Crippen molar-refractivity contribution in [1.82, 2.24) is 0 Å². The maximum atomic E-state index is 8.07. The van der Waals surface area contributed by atoms with Crippen molar-refractivity contribution in [2.45, 2.75) is 6.92 Å². The molecule has 0 spiro atoms. The molecule has 2 heteroatoms. The molecule has 2 nitrogen and oxygen atoms in total. The number of allylic oxidation sites excluding steroid dienone is 1. The van der Waals surface area contributed by atoms with Crippen molar-refractivity contribution >= 4 is 0 Å². The summed E-state index contributed by atoms with van der Waals surface area (Å²) in [5.41, 5.74) is 0.586. The number of ether oxygens (including phenoxy) is 1. The van der Waals surface area contributed by atoms with Gasteiger partial charge < -0.3 is 4.74 Å². The number of rotatable bonds is 1. The first-order valence-corrected chi connectivity index (χ1v) is 1.91. The summed E-state index contributed by atoms with van der Waals surface area (Å²) in [6, 6.07) is 1.90. The zero-order valence-electron chi connectivity index (χ0n) is 4.43. The molecule has 0 aromatic heterocycles. The van der Waals surface area contributed by atoms with Crippen molar-refractivity contribution in [2.75, 3.05) is 7.11 Å². The Kier molecular flexibility index (Phi) is 2.78. The summed E-state index contributed by atoms with van der Waals surface area (Å²) in [6.45, 7) is 1.68. The van der Waals surface area contributed by atoms with Gasteiger partial charge in [-0.25, -0.2) is 0 Å². The van der Waals surface area contributed by atoms with E-state index in [-0.39, 0.29) is 0 Å². The van der Waals surface area contributed by atoms with Gasteiger partial charge in [0, 0.05) is 0 Å². The van der Waals surface area contributed by atoms with Crippen molar-refractivity contribution in [3.8, 4) is 6.07 Å². The quantitative estimate of drug-likeness (QED) is 0.362. The average Bonchev–Trinajstić information content (AvgIpc) is 1.68. The van der Waals surface area contributed by atoms with E-state index in [0.717, 1.165) is 0 Å². The SMILES string of the molecule is CO/C=C(/C)C#N. The Balaban J connectivity index is 3.57. The maximum Gasteiger partial charge on any atom is 0.0976 e. The van der Waals surface area contributed by atoms with E-state index in [0.29, 0.717) is 5.57 Å². The van der Waals surface area contributed by atoms with Gasteiger partial charge in [0.2, 0.25) is 0 Å². The lowest BCUT2D eigenvalue weighted by molar-refractivity contribution is 0.335. The van der Waals surface area contributed by atoms with Gasteiger partial charge in [-0.15, -0.1) is 0 Å². The molecule has 0 heterocycles. The van der Waals surface area contributed by atoms with Crippen molar-refractivity contribution in [1.29, 1.82) is 5.26 Å². The number of hydrogen-bond donors (Lipinski definition) is 0. The highest BCUT2D eigenvalue weighted by atomic mass is 16.5. The highest BCUT2D eigenvalue weighted by Gasteiger charge is 1.76. The van der Waals surface area contributed by atoms with Crippen LogP contribution in [0.1, 0.15) is 6.92 Å². The van der Waals surface area contributed by atoms with Crippen LogP contribution in [0.2, 0.25) is 0 Å². The van der Waals surface area contributed by atoms with Gasteiger partial charge in [-0.3, -0.25) is 0 Å². The van der Waals surface area contributed by atoms with E-state index in [1.54, 1.807) is 6.92 Å². The Morgan fingerprint density at radius 1 is 1.86 bits per heavy atom. The Labute approximate surface area is 43.0 Å². The van der Waals surface area contributed by atoms with Gasteiger partial charge in [0.15, 0.2) is 0 Å². The van der Waals surface area contributed by atoms with E-state index in [4.69, 9.17) is 5.26 Å². The smallest absolute Gasteiger partial charge is 0.0976 e. The van der Waals surface area contributed by atoms with Crippen molar-refractivity contribution < 1.29 is 4.74 Å². The van der Waals surface area contributed by atoms with Crippen LogP contribution in [-0.2, 0) is 4.74 Å². The topological polar surface area (TPSA) is 33.0 Å². The molecule has 0 aromatic carbocycles. The molecule has 7 heavy (non-hydrogen) atoms. The van der Waals surface area contributed by atoms with Gasteiger partial charge in [0.05, 0.1) is 25.0 Å². The summed E-state index contributed by atoms with van der Waals surface area (Å²) in [7, 11) is 1.51. The number of methoxy groups -OCH3 is 1. The third-order valence-electron chi connectivity index (χ3n) is 0.471. The van der Waals surface area contributed by atoms with E-state index in [9.17, 15) is 0 Å². The fourth-order valence-corrected chi connectivity index (χ4v) is 0.203. The summed E-state index contributed by atoms with van der Waals surface area (Å²) < 4.78 is 4.51. The molecule has 0 radical (unpaired) electrons. The van der Waals surface area contributed by atoms with E-state index >= 15 is 0 Å². The lowest BCUT2D eigenvalue weighted by Crippen LogP contribution is -1.69. The Morgan fingerprint density at radius 2 is 2.43 bits per heavy atom. The van der Waals surface area contributed by atoms with Crippen LogP contribution in [-0.4, -0.2) is 7.11 Å². The molecule has 0 N–H and O–H groups in total. The van der Waals surface area contributed by atoms with Crippen molar-refractivity contribution in [3.05, 3.63) is 11.8 Å². The molecule has 0 saturated heterocycles. The van der Waals surface area contributed by atoms with Gasteiger partial charge in [0.25, 0.3) is 0 Å². The minimum absolute atomic E-state index is 0.586. The molecule has 0 saturated carbocycles. The normalized spacial score (nSPS) is 10.1. The molecule has 38 valence electrons. The minimum Gasteiger partial charge on any atom is -0.503 e. The van der Waals surface area contributed by atoms with Gasteiger partial charge in [0.1, 0.15) is 0 Å². The van der Waals surface area contributed by atoms with Crippen LogP contribution in [0.15, 0.2) is 11.8 Å². The Bertz CT molecular complexity index is 110. The fourth-order valence-electron chi connectivity index (χ4n) is 0.203. The maximum absolute atomic E-state index is 8.07. The number of nitrogens with zero attached hydrogens (tertiary/aromatic N) is 1. The van der Waals surface area contributed by atoms with E-state index in [1.807, 2.05) is 6.07 Å². The highest BCUT2D eigenvalue weighted by molar-refractivity contribution is 5.14. The van der Waals surface area contributed by atoms with Crippen LogP contribution >= 0.6 is 0 Å². The molecular formula is C5H7NO. The fraction of sp³-hybridized carbons (Fsp3) is 0.400. The minimum atomic E-state index is 0.586. The van der Waals surface area contributed by atoms with Gasteiger partial charge in [-0.05, 0) is 6.92 Å². The second kappa shape index (κ2) is 3.23. The van der Waals surface area contributed by atoms with Crippen LogP contribution in [0.5, 0.6) is 0 Å². The van der Waals surface area contributed by atoms with E-state index in [2.05, 4.69) is 4.74 Å². The van der Waals surface area contributed by atoms with Crippen LogP contribution in [0.4, 0.5) is 0 Å². The first-order chi connectivity index (χ1) is 3.31. The predicted octanol–water partition coefficient (Wildman–Crippen LogP) is 1.06. The summed E-state index contributed by atoms with van der Waals surface area (Å²) in [4.78, 5) is 0. The molecule has 0 aromatic rings. The lowest BCUT2D eigenvalue weighted by Gasteiger charge is -1.83. The predicted molar refractivity (Wildman–Crippen MR) is 26.4 cm³/mol. The molecule has 0 aliphatic heterocycles. The van der Waals surface area contributed by atoms with Gasteiger partial charge in [-0.2, -0.15) is 5.26 Å². The average molecular weight is 97.1 g/mol. The zero-order valence-corrected chi connectivity index (χ0v) is 4.43. The molecule has 0 amide bonds. The Hall–Kier alpha value is -0.970. The number of nitriles is 1. The molecule has 0 fully saturated rings. The molecule has 0 aliphatic rings. The number of hydrogen-bond acceptors (Lipinski definition) is 2. The molecule has 0 atom stereocenters. The first kappa shape index (κ1) is 6.03. The van der Waals surface area contributed by atoms with Crippen LogP contribution in [0.25, 0.3) is 0 Å². The van der Waals surface area contributed by atoms with E-state index < -0.39 is 0 Å². The largest absolute Gasteiger partial charge is 0.503 e. The monoisotopic (exact) mass is 97.1 g/mol. The van der Waals surface area contributed by atoms with Crippen LogP contribution in [0.3, 0.4) is 0 Å².